The van der Waals surface area contributed by atoms with Crippen LogP contribution in [0.4, 0.5) is 5.69 Å². The van der Waals surface area contributed by atoms with E-state index in [2.05, 4.69) is 13.2 Å². The number of ether oxygens (including phenoxy) is 2. The fraction of sp³-hybridized carbons (Fsp3) is 0.519. The van der Waals surface area contributed by atoms with Crippen LogP contribution in [0.1, 0.15) is 27.2 Å². The predicted molar refractivity (Wildman–Crippen MR) is 135 cm³/mol. The highest BCUT2D eigenvalue weighted by molar-refractivity contribution is 6.30. The van der Waals surface area contributed by atoms with Crippen molar-refractivity contribution in [3.63, 3.8) is 0 Å². The molecule has 1 N–H and O–H groups in total. The van der Waals surface area contributed by atoms with E-state index < -0.39 is 41.1 Å². The Morgan fingerprint density at radius 2 is 2.00 bits per heavy atom. The fourth-order valence-corrected chi connectivity index (χ4v) is 6.45. The maximum absolute atomic E-state index is 14.3. The molecule has 0 aromatic heterocycles. The van der Waals surface area contributed by atoms with Crippen molar-refractivity contribution in [2.24, 2.45) is 17.8 Å². The van der Waals surface area contributed by atoms with Crippen LogP contribution < -0.4 is 4.90 Å². The van der Waals surface area contributed by atoms with Gasteiger partial charge in [0.05, 0.1) is 24.2 Å². The first kappa shape index (κ1) is 26.4. The van der Waals surface area contributed by atoms with Gasteiger partial charge in [-0.3, -0.25) is 14.4 Å². The SMILES string of the molecule is C=CCOC(=O)[C@H]1[C@H]2C(=O)N([C@H](C)CO)C(C(=O)N(CC=C)c3ccc(Cl)cc3)C23CC(C)[C@]1(C)O3. The number of hydrogen-bond acceptors (Lipinski definition) is 6. The van der Waals surface area contributed by atoms with E-state index in [9.17, 15) is 19.5 Å². The molecule has 3 aliphatic rings. The first-order chi connectivity index (χ1) is 17.1. The molecule has 7 atom stereocenters. The number of nitrogens with zero attached hydrogens (tertiary/aromatic N) is 2. The van der Waals surface area contributed by atoms with E-state index in [0.29, 0.717) is 17.1 Å². The summed E-state index contributed by atoms with van der Waals surface area (Å²) in [5, 5.41) is 10.6. The summed E-state index contributed by atoms with van der Waals surface area (Å²) in [5.74, 6) is -3.22. The second-order valence-electron chi connectivity index (χ2n) is 10.1. The number of hydrogen-bond donors (Lipinski definition) is 1. The molecule has 3 fully saturated rings. The van der Waals surface area contributed by atoms with Gasteiger partial charge in [-0.15, -0.1) is 6.58 Å². The summed E-state index contributed by atoms with van der Waals surface area (Å²) in [7, 11) is 0. The number of aliphatic hydroxyl groups excluding tert-OH is 1. The molecule has 1 aromatic carbocycles. The van der Waals surface area contributed by atoms with Crippen molar-refractivity contribution < 1.29 is 29.0 Å². The van der Waals surface area contributed by atoms with Gasteiger partial charge >= 0.3 is 5.97 Å². The molecular weight excluding hydrogens is 484 g/mol. The number of carbonyl (C=O) groups excluding carboxylic acids is 3. The lowest BCUT2D eigenvalue weighted by Gasteiger charge is -2.38. The molecule has 9 heteroatoms. The van der Waals surface area contributed by atoms with Gasteiger partial charge in [0.1, 0.15) is 24.2 Å². The zero-order valence-corrected chi connectivity index (χ0v) is 21.6. The standard InChI is InChI=1S/C27H33ClN2O6/c1-6-12-29(19-10-8-18(28)9-11-19)24(33)22-27-14-16(3)26(5,36-27)21(25(34)35-13-7-2)20(27)23(32)30(22)17(4)15-31/h6-11,16-17,20-22,31H,1-2,12-15H2,3-5H3/t16?,17-,20+,21-,22?,26+,27?/m1/s1. The predicted octanol–water partition coefficient (Wildman–Crippen LogP) is 2.98. The minimum absolute atomic E-state index is 0.0104. The number of benzene rings is 1. The number of fused-ring (bicyclic) bond motifs is 1. The molecule has 3 aliphatic heterocycles. The van der Waals surface area contributed by atoms with Gasteiger partial charge in [0.25, 0.3) is 5.91 Å². The molecule has 8 nitrogen and oxygen atoms in total. The van der Waals surface area contributed by atoms with Crippen molar-refractivity contribution in [1.29, 1.82) is 0 Å². The number of amides is 2. The molecule has 194 valence electrons. The summed E-state index contributed by atoms with van der Waals surface area (Å²) in [6.45, 7) is 12.7. The Morgan fingerprint density at radius 1 is 1.33 bits per heavy atom. The normalized spacial score (nSPS) is 33.2. The average molecular weight is 517 g/mol. The number of anilines is 1. The molecule has 4 rings (SSSR count). The quantitative estimate of drug-likeness (QED) is 0.400. The second-order valence-corrected chi connectivity index (χ2v) is 10.6. The lowest BCUT2D eigenvalue weighted by molar-refractivity contribution is -0.161. The van der Waals surface area contributed by atoms with Crippen LogP contribution >= 0.6 is 11.6 Å². The van der Waals surface area contributed by atoms with Gasteiger partial charge in [-0.25, -0.2) is 0 Å². The zero-order valence-electron chi connectivity index (χ0n) is 20.9. The Bertz CT molecular complexity index is 1080. The average Bonchev–Trinajstić information content (AvgIpc) is 3.37. The molecule has 1 spiro atoms. The molecule has 3 unspecified atom stereocenters. The van der Waals surface area contributed by atoms with Crippen LogP contribution in [0.5, 0.6) is 0 Å². The third-order valence-electron chi connectivity index (χ3n) is 8.04. The van der Waals surface area contributed by atoms with E-state index in [1.54, 1.807) is 37.3 Å². The van der Waals surface area contributed by atoms with E-state index in [-0.39, 0.29) is 37.5 Å². The van der Waals surface area contributed by atoms with Gasteiger partial charge in [0, 0.05) is 17.3 Å². The monoisotopic (exact) mass is 516 g/mol. The fourth-order valence-electron chi connectivity index (χ4n) is 6.33. The van der Waals surface area contributed by atoms with Gasteiger partial charge in [0.15, 0.2) is 0 Å². The first-order valence-corrected chi connectivity index (χ1v) is 12.5. The topological polar surface area (TPSA) is 96.4 Å². The van der Waals surface area contributed by atoms with Crippen LogP contribution in [-0.2, 0) is 23.9 Å². The highest BCUT2D eigenvalue weighted by Gasteiger charge is 2.80. The second kappa shape index (κ2) is 9.65. The smallest absolute Gasteiger partial charge is 0.313 e. The van der Waals surface area contributed by atoms with Gasteiger partial charge in [-0.1, -0.05) is 37.3 Å². The summed E-state index contributed by atoms with van der Waals surface area (Å²) in [6.07, 6.45) is 3.49. The van der Waals surface area contributed by atoms with Crippen LogP contribution in [0.3, 0.4) is 0 Å². The third kappa shape index (κ3) is 3.78. The molecule has 3 heterocycles. The molecular formula is C27H33ClN2O6. The Kier molecular flexibility index (Phi) is 7.07. The number of carbonyl (C=O) groups is 3. The van der Waals surface area contributed by atoms with Crippen molar-refractivity contribution in [3.8, 4) is 0 Å². The Hall–Kier alpha value is -2.68. The van der Waals surface area contributed by atoms with Crippen molar-refractivity contribution >= 4 is 35.1 Å². The van der Waals surface area contributed by atoms with Gasteiger partial charge in [0.2, 0.25) is 5.91 Å². The van der Waals surface area contributed by atoms with Crippen LogP contribution in [0.15, 0.2) is 49.6 Å². The summed E-state index contributed by atoms with van der Waals surface area (Å²) >= 11 is 6.06. The lowest BCUT2D eigenvalue weighted by Crippen LogP contribution is -2.58. The lowest BCUT2D eigenvalue weighted by atomic mass is 9.62. The van der Waals surface area contributed by atoms with E-state index in [1.165, 1.54) is 15.9 Å². The summed E-state index contributed by atoms with van der Waals surface area (Å²) < 4.78 is 12.0. The van der Waals surface area contributed by atoms with E-state index in [4.69, 9.17) is 21.1 Å². The first-order valence-electron chi connectivity index (χ1n) is 12.2. The van der Waals surface area contributed by atoms with Gasteiger partial charge < -0.3 is 24.4 Å². The van der Waals surface area contributed by atoms with Crippen LogP contribution in [-0.4, -0.2) is 70.8 Å². The van der Waals surface area contributed by atoms with Crippen LogP contribution in [0.2, 0.25) is 5.02 Å². The summed E-state index contributed by atoms with van der Waals surface area (Å²) in [4.78, 5) is 44.5. The van der Waals surface area contributed by atoms with Crippen LogP contribution in [0, 0.1) is 17.8 Å². The summed E-state index contributed by atoms with van der Waals surface area (Å²) in [5.41, 5.74) is -1.63. The zero-order chi connectivity index (χ0) is 26.4. The molecule has 36 heavy (non-hydrogen) atoms. The Balaban J connectivity index is 1.84. The maximum atomic E-state index is 14.3. The number of esters is 1. The van der Waals surface area contributed by atoms with Crippen molar-refractivity contribution in [3.05, 3.63) is 54.6 Å². The highest BCUT2D eigenvalue weighted by Crippen LogP contribution is 2.65. The molecule has 2 amide bonds. The number of likely N-dealkylation sites (tertiary alicyclic amines) is 1. The molecule has 0 aliphatic carbocycles. The number of rotatable bonds is 9. The van der Waals surface area contributed by atoms with Gasteiger partial charge in [-0.05, 0) is 50.5 Å². The molecule has 0 saturated carbocycles. The molecule has 3 saturated heterocycles. The minimum Gasteiger partial charge on any atom is -0.461 e. The molecule has 2 bridgehead atoms. The Morgan fingerprint density at radius 3 is 2.58 bits per heavy atom. The van der Waals surface area contributed by atoms with E-state index in [1.807, 2.05) is 13.8 Å². The van der Waals surface area contributed by atoms with Crippen molar-refractivity contribution in [2.45, 2.75) is 50.5 Å². The van der Waals surface area contributed by atoms with E-state index in [0.717, 1.165) is 0 Å². The van der Waals surface area contributed by atoms with Gasteiger partial charge in [-0.2, -0.15) is 0 Å². The minimum atomic E-state index is -1.24. The Labute approximate surface area is 216 Å². The van der Waals surface area contributed by atoms with Crippen molar-refractivity contribution in [2.75, 3.05) is 24.7 Å². The molecule has 0 radical (unpaired) electrons. The highest BCUT2D eigenvalue weighted by atomic mass is 35.5. The number of halogens is 1. The van der Waals surface area contributed by atoms with Crippen LogP contribution in [0.25, 0.3) is 0 Å². The summed E-state index contributed by atoms with van der Waals surface area (Å²) in [6, 6.07) is 5.10. The maximum Gasteiger partial charge on any atom is 0.313 e. The number of aliphatic hydroxyl groups is 1. The largest absolute Gasteiger partial charge is 0.461 e. The van der Waals surface area contributed by atoms with Crippen molar-refractivity contribution in [1.82, 2.24) is 4.90 Å². The van der Waals surface area contributed by atoms with E-state index >= 15 is 0 Å². The molecule has 1 aromatic rings. The third-order valence-corrected chi connectivity index (χ3v) is 8.29.